The largest absolute Gasteiger partial charge is 0.464 e. The molecule has 0 spiro atoms. The second-order valence-electron chi connectivity index (χ2n) is 4.44. The average Bonchev–Trinajstić information content (AvgIpc) is 2.65. The van der Waals surface area contributed by atoms with Gasteiger partial charge in [-0.25, -0.2) is 4.39 Å². The van der Waals surface area contributed by atoms with Gasteiger partial charge in [-0.15, -0.1) is 12.4 Å². The molecular formula is C13H17ClFNO. The quantitative estimate of drug-likeness (QED) is 0.914. The standard InChI is InChI=1S/C13H16FNO.ClH/c1-8(9(2)15)5-11-7-12(14)6-10-3-4-16-13(10)11;/h3-4,6-9H,5,15H2,1-2H3;1H. The fourth-order valence-corrected chi connectivity index (χ4v) is 1.80. The predicted octanol–water partition coefficient (Wildman–Crippen LogP) is 3.52. The molecule has 2 aromatic rings. The Kier molecular flexibility index (Phi) is 4.54. The molecule has 94 valence electrons. The molecule has 17 heavy (non-hydrogen) atoms. The number of fused-ring (bicyclic) bond motifs is 1. The smallest absolute Gasteiger partial charge is 0.137 e. The van der Waals surface area contributed by atoms with Crippen LogP contribution in [0.15, 0.2) is 28.9 Å². The number of nitrogens with two attached hydrogens (primary N) is 1. The SMILES string of the molecule is CC(N)C(C)Cc1cc(F)cc2ccoc12.Cl. The molecule has 2 rings (SSSR count). The molecule has 0 bridgehead atoms. The summed E-state index contributed by atoms with van der Waals surface area (Å²) in [7, 11) is 0. The molecule has 1 aromatic heterocycles. The monoisotopic (exact) mass is 257 g/mol. The summed E-state index contributed by atoms with van der Waals surface area (Å²) in [5.41, 5.74) is 7.48. The zero-order chi connectivity index (χ0) is 11.7. The predicted molar refractivity (Wildman–Crippen MR) is 69.9 cm³/mol. The van der Waals surface area contributed by atoms with Crippen LogP contribution >= 0.6 is 12.4 Å². The van der Waals surface area contributed by atoms with Crippen LogP contribution in [-0.2, 0) is 6.42 Å². The minimum Gasteiger partial charge on any atom is -0.464 e. The van der Waals surface area contributed by atoms with Crippen LogP contribution in [0.4, 0.5) is 4.39 Å². The maximum atomic E-state index is 13.4. The molecule has 0 amide bonds. The first-order chi connectivity index (χ1) is 7.58. The van der Waals surface area contributed by atoms with Crippen LogP contribution in [0.5, 0.6) is 0 Å². The molecule has 1 heterocycles. The summed E-state index contributed by atoms with van der Waals surface area (Å²) in [5, 5.41) is 0.812. The second-order valence-corrected chi connectivity index (χ2v) is 4.44. The lowest BCUT2D eigenvalue weighted by Gasteiger charge is -2.15. The van der Waals surface area contributed by atoms with Gasteiger partial charge in [0.2, 0.25) is 0 Å². The fourth-order valence-electron chi connectivity index (χ4n) is 1.80. The topological polar surface area (TPSA) is 39.2 Å². The van der Waals surface area contributed by atoms with E-state index in [1.54, 1.807) is 12.3 Å². The van der Waals surface area contributed by atoms with E-state index in [4.69, 9.17) is 10.2 Å². The van der Waals surface area contributed by atoms with Gasteiger partial charge in [-0.2, -0.15) is 0 Å². The van der Waals surface area contributed by atoms with E-state index in [9.17, 15) is 4.39 Å². The van der Waals surface area contributed by atoms with Crippen LogP contribution in [0.25, 0.3) is 11.0 Å². The molecule has 0 fully saturated rings. The number of furan rings is 1. The molecule has 4 heteroatoms. The second kappa shape index (κ2) is 5.52. The van der Waals surface area contributed by atoms with Crippen molar-refractivity contribution >= 4 is 23.4 Å². The third-order valence-electron chi connectivity index (χ3n) is 3.03. The summed E-state index contributed by atoms with van der Waals surface area (Å²) in [5.74, 6) is 0.0795. The van der Waals surface area contributed by atoms with Gasteiger partial charge in [-0.05, 0) is 43.0 Å². The molecule has 2 nitrogen and oxygen atoms in total. The van der Waals surface area contributed by atoms with Gasteiger partial charge in [0.05, 0.1) is 6.26 Å². The Bertz CT molecular complexity index is 495. The summed E-state index contributed by atoms with van der Waals surface area (Å²) in [4.78, 5) is 0. The van der Waals surface area contributed by atoms with Crippen LogP contribution < -0.4 is 5.73 Å². The molecule has 0 saturated carbocycles. The lowest BCUT2D eigenvalue weighted by molar-refractivity contribution is 0.478. The first-order valence-corrected chi connectivity index (χ1v) is 5.49. The van der Waals surface area contributed by atoms with Gasteiger partial charge in [0, 0.05) is 11.4 Å². The number of rotatable bonds is 3. The average molecular weight is 258 g/mol. The van der Waals surface area contributed by atoms with Crippen LogP contribution in [-0.4, -0.2) is 6.04 Å². The summed E-state index contributed by atoms with van der Waals surface area (Å²) in [6, 6.07) is 4.88. The maximum absolute atomic E-state index is 13.4. The van der Waals surface area contributed by atoms with Crippen molar-refractivity contribution in [3.63, 3.8) is 0 Å². The van der Waals surface area contributed by atoms with Gasteiger partial charge in [-0.1, -0.05) is 6.92 Å². The van der Waals surface area contributed by atoms with Gasteiger partial charge in [0.25, 0.3) is 0 Å². The van der Waals surface area contributed by atoms with E-state index in [-0.39, 0.29) is 24.3 Å². The molecule has 2 unspecified atom stereocenters. The van der Waals surface area contributed by atoms with Crippen molar-refractivity contribution in [3.8, 4) is 0 Å². The highest BCUT2D eigenvalue weighted by molar-refractivity contribution is 5.85. The van der Waals surface area contributed by atoms with E-state index in [0.29, 0.717) is 5.92 Å². The maximum Gasteiger partial charge on any atom is 0.137 e. The Morgan fingerprint density at radius 3 is 2.71 bits per heavy atom. The molecule has 0 aliphatic rings. The van der Waals surface area contributed by atoms with Crippen LogP contribution in [0.3, 0.4) is 0 Å². The van der Waals surface area contributed by atoms with E-state index in [0.717, 1.165) is 23.0 Å². The normalized spacial score (nSPS) is 14.4. The van der Waals surface area contributed by atoms with Crippen molar-refractivity contribution in [2.24, 2.45) is 11.7 Å². The molecule has 2 N–H and O–H groups in total. The van der Waals surface area contributed by atoms with E-state index in [1.165, 1.54) is 12.1 Å². The third kappa shape index (κ3) is 2.99. The van der Waals surface area contributed by atoms with E-state index < -0.39 is 0 Å². The Morgan fingerprint density at radius 2 is 2.06 bits per heavy atom. The highest BCUT2D eigenvalue weighted by Crippen LogP contribution is 2.24. The van der Waals surface area contributed by atoms with Crippen molar-refractivity contribution in [2.75, 3.05) is 0 Å². The van der Waals surface area contributed by atoms with Gasteiger partial charge < -0.3 is 10.2 Å². The Balaban J connectivity index is 0.00000144. The molecule has 0 aliphatic heterocycles. The van der Waals surface area contributed by atoms with Gasteiger partial charge >= 0.3 is 0 Å². The zero-order valence-electron chi connectivity index (χ0n) is 9.94. The van der Waals surface area contributed by atoms with E-state index in [1.807, 2.05) is 6.92 Å². The van der Waals surface area contributed by atoms with Crippen molar-refractivity contribution < 1.29 is 8.81 Å². The minimum absolute atomic E-state index is 0. The Labute approximate surface area is 106 Å². The van der Waals surface area contributed by atoms with E-state index in [2.05, 4.69) is 6.92 Å². The molecule has 0 radical (unpaired) electrons. The van der Waals surface area contributed by atoms with Gasteiger partial charge in [0.1, 0.15) is 11.4 Å². The molecule has 2 atom stereocenters. The highest BCUT2D eigenvalue weighted by Gasteiger charge is 2.13. The number of hydrogen-bond acceptors (Lipinski definition) is 2. The summed E-state index contributed by atoms with van der Waals surface area (Å²) >= 11 is 0. The van der Waals surface area contributed by atoms with Crippen LogP contribution in [0.1, 0.15) is 19.4 Å². The number of hydrogen-bond donors (Lipinski definition) is 1. The fraction of sp³-hybridized carbons (Fsp3) is 0.385. The zero-order valence-corrected chi connectivity index (χ0v) is 10.8. The van der Waals surface area contributed by atoms with Crippen LogP contribution in [0, 0.1) is 11.7 Å². The third-order valence-corrected chi connectivity index (χ3v) is 3.03. The van der Waals surface area contributed by atoms with Crippen molar-refractivity contribution in [1.29, 1.82) is 0 Å². The summed E-state index contributed by atoms with van der Waals surface area (Å²) in [6.07, 6.45) is 2.32. The lowest BCUT2D eigenvalue weighted by Crippen LogP contribution is -2.25. The molecule has 1 aromatic carbocycles. The Hall–Kier alpha value is -1.06. The van der Waals surface area contributed by atoms with Crippen LogP contribution in [0.2, 0.25) is 0 Å². The molecule has 0 saturated heterocycles. The van der Waals surface area contributed by atoms with E-state index >= 15 is 0 Å². The van der Waals surface area contributed by atoms with Crippen molar-refractivity contribution in [3.05, 3.63) is 35.8 Å². The van der Waals surface area contributed by atoms with Gasteiger partial charge in [0.15, 0.2) is 0 Å². The minimum atomic E-state index is -0.222. The summed E-state index contributed by atoms with van der Waals surface area (Å²) < 4.78 is 18.7. The lowest BCUT2D eigenvalue weighted by atomic mass is 9.94. The number of benzene rings is 1. The highest BCUT2D eigenvalue weighted by atomic mass is 35.5. The van der Waals surface area contributed by atoms with Gasteiger partial charge in [-0.3, -0.25) is 0 Å². The first kappa shape index (κ1) is 14.0. The Morgan fingerprint density at radius 1 is 1.35 bits per heavy atom. The van der Waals surface area contributed by atoms with Crippen molar-refractivity contribution in [1.82, 2.24) is 0 Å². The summed E-state index contributed by atoms with van der Waals surface area (Å²) in [6.45, 7) is 4.02. The first-order valence-electron chi connectivity index (χ1n) is 5.49. The molecule has 0 aliphatic carbocycles. The van der Waals surface area contributed by atoms with Crippen molar-refractivity contribution in [2.45, 2.75) is 26.3 Å². The molecular weight excluding hydrogens is 241 g/mol. The number of halogens is 2.